The number of aryl methyl sites for hydroxylation is 1. The number of aromatic nitrogens is 5. The van der Waals surface area contributed by atoms with Crippen LogP contribution in [0.4, 0.5) is 11.4 Å². The molecule has 0 radical (unpaired) electrons. The second-order valence-corrected chi connectivity index (χ2v) is 8.90. The van der Waals surface area contributed by atoms with Gasteiger partial charge in [-0.15, -0.1) is 21.5 Å². The van der Waals surface area contributed by atoms with Crippen LogP contribution in [0.5, 0.6) is 0 Å². The summed E-state index contributed by atoms with van der Waals surface area (Å²) in [4.78, 5) is 29.7. The lowest BCUT2D eigenvalue weighted by molar-refractivity contribution is -0.387. The Balaban J connectivity index is 1.33. The highest BCUT2D eigenvalue weighted by molar-refractivity contribution is 7.99. The number of nitrogens with zero attached hydrogens (tertiary/aromatic N) is 6. The van der Waals surface area contributed by atoms with E-state index >= 15 is 0 Å². The van der Waals surface area contributed by atoms with Crippen molar-refractivity contribution in [2.24, 2.45) is 7.05 Å². The molecule has 0 saturated heterocycles. The van der Waals surface area contributed by atoms with Gasteiger partial charge in [0.1, 0.15) is 6.33 Å². The van der Waals surface area contributed by atoms with E-state index in [0.29, 0.717) is 15.7 Å². The molecule has 5 aromatic rings. The van der Waals surface area contributed by atoms with Crippen LogP contribution in [0.3, 0.4) is 0 Å². The van der Waals surface area contributed by atoms with Gasteiger partial charge in [-0.2, -0.15) is 0 Å². The maximum absolute atomic E-state index is 12.7. The van der Waals surface area contributed by atoms with Gasteiger partial charge in [-0.05, 0) is 36.0 Å². The van der Waals surface area contributed by atoms with E-state index in [1.54, 1.807) is 47.2 Å². The minimum Gasteiger partial charge on any atom is -0.322 e. The lowest BCUT2D eigenvalue weighted by Crippen LogP contribution is -2.12. The van der Waals surface area contributed by atoms with Crippen molar-refractivity contribution < 1.29 is 9.72 Å². The monoisotopic (exact) mass is 477 g/mol. The van der Waals surface area contributed by atoms with Crippen molar-refractivity contribution >= 4 is 45.3 Å². The second kappa shape index (κ2) is 8.48. The Morgan fingerprint density at radius 3 is 2.73 bits per heavy atom. The largest absolute Gasteiger partial charge is 0.322 e. The number of hydrogen-bond donors (Lipinski definition) is 1. The number of benzene rings is 2. The minimum atomic E-state index is -0.514. The Labute approximate surface area is 195 Å². The highest BCUT2D eigenvalue weighted by Crippen LogP contribution is 2.34. The van der Waals surface area contributed by atoms with Crippen LogP contribution in [0, 0.1) is 10.1 Å². The molecule has 0 aliphatic rings. The fraction of sp³-hybridized carbons (Fsp3) is 0.0476. The molecule has 3 aromatic heterocycles. The molecule has 10 nitrogen and oxygen atoms in total. The molecule has 1 N–H and O–H groups in total. The van der Waals surface area contributed by atoms with Crippen LogP contribution < -0.4 is 5.32 Å². The van der Waals surface area contributed by atoms with Crippen molar-refractivity contribution in [3.05, 3.63) is 82.2 Å². The van der Waals surface area contributed by atoms with E-state index in [9.17, 15) is 14.9 Å². The number of anilines is 1. The summed E-state index contributed by atoms with van der Waals surface area (Å²) in [5, 5.41) is 24.6. The van der Waals surface area contributed by atoms with Gasteiger partial charge in [0.15, 0.2) is 10.1 Å². The van der Waals surface area contributed by atoms with Gasteiger partial charge in [-0.25, -0.2) is 4.98 Å². The third kappa shape index (κ3) is 4.21. The van der Waals surface area contributed by atoms with Crippen LogP contribution in [0.15, 0.2) is 76.6 Å². The third-order valence-corrected chi connectivity index (χ3v) is 6.71. The van der Waals surface area contributed by atoms with Gasteiger partial charge in [-0.3, -0.25) is 19.3 Å². The molecule has 0 aliphatic carbocycles. The van der Waals surface area contributed by atoms with Gasteiger partial charge in [0, 0.05) is 47.7 Å². The van der Waals surface area contributed by atoms with E-state index in [1.165, 1.54) is 12.4 Å². The molecule has 0 saturated carbocycles. The second-order valence-electron chi connectivity index (χ2n) is 7.02. The zero-order valence-electron chi connectivity index (χ0n) is 17.1. The Morgan fingerprint density at radius 1 is 1.21 bits per heavy atom. The van der Waals surface area contributed by atoms with Crippen molar-refractivity contribution in [1.29, 1.82) is 0 Å². The SMILES string of the molecule is Cn1cnnc1Sc1ccc(C(=O)Nc2ccc(-c3cn4ccsc4n3)cc2)cc1[N+](=O)[O-]. The Bertz CT molecular complexity index is 1460. The number of nitro groups is 1. The van der Waals surface area contributed by atoms with Crippen molar-refractivity contribution in [3.63, 3.8) is 0 Å². The molecule has 0 fully saturated rings. The fourth-order valence-electron chi connectivity index (χ4n) is 3.15. The van der Waals surface area contributed by atoms with Crippen molar-refractivity contribution in [2.45, 2.75) is 10.1 Å². The summed E-state index contributed by atoms with van der Waals surface area (Å²) in [5.74, 6) is -0.441. The molecule has 0 bridgehead atoms. The molecule has 0 spiro atoms. The molecule has 2 aromatic carbocycles. The average molecular weight is 478 g/mol. The number of carbonyl (C=O) groups is 1. The first-order valence-electron chi connectivity index (χ1n) is 9.62. The van der Waals surface area contributed by atoms with Gasteiger partial charge in [0.25, 0.3) is 11.6 Å². The van der Waals surface area contributed by atoms with E-state index in [4.69, 9.17) is 0 Å². The molecule has 0 unspecified atom stereocenters. The quantitative estimate of drug-likeness (QED) is 0.282. The maximum atomic E-state index is 12.7. The van der Waals surface area contributed by atoms with Gasteiger partial charge >= 0.3 is 0 Å². The summed E-state index contributed by atoms with van der Waals surface area (Å²) in [6.07, 6.45) is 5.40. The topological polar surface area (TPSA) is 120 Å². The number of nitro benzene ring substituents is 1. The molecule has 1 amide bonds. The van der Waals surface area contributed by atoms with E-state index in [-0.39, 0.29) is 11.3 Å². The molecular weight excluding hydrogens is 462 g/mol. The van der Waals surface area contributed by atoms with Crippen LogP contribution in [0.2, 0.25) is 0 Å². The fourth-order valence-corrected chi connectivity index (χ4v) is 4.70. The standard InChI is InChI=1S/C21H15N7O3S2/c1-26-12-22-25-21(26)33-18-7-4-14(10-17(18)28(30)31)19(29)23-15-5-2-13(3-6-15)16-11-27-8-9-32-20(27)24-16/h2-12H,1H3,(H,23,29). The smallest absolute Gasteiger partial charge is 0.284 e. The Morgan fingerprint density at radius 2 is 2.03 bits per heavy atom. The van der Waals surface area contributed by atoms with Gasteiger partial charge in [0.05, 0.1) is 15.5 Å². The zero-order chi connectivity index (χ0) is 22.9. The van der Waals surface area contributed by atoms with Crippen LogP contribution in [0.25, 0.3) is 16.2 Å². The molecule has 33 heavy (non-hydrogen) atoms. The third-order valence-electron chi connectivity index (χ3n) is 4.82. The summed E-state index contributed by atoms with van der Waals surface area (Å²) in [5.41, 5.74) is 2.34. The summed E-state index contributed by atoms with van der Waals surface area (Å²) < 4.78 is 3.61. The molecule has 0 aliphatic heterocycles. The number of carbonyl (C=O) groups excluding carboxylic acids is 1. The summed E-state index contributed by atoms with van der Waals surface area (Å²) >= 11 is 2.67. The predicted molar refractivity (Wildman–Crippen MR) is 125 cm³/mol. The number of fused-ring (bicyclic) bond motifs is 1. The van der Waals surface area contributed by atoms with Gasteiger partial charge < -0.3 is 9.88 Å². The predicted octanol–water partition coefficient (Wildman–Crippen LogP) is 4.50. The number of thiazole rings is 1. The first-order chi connectivity index (χ1) is 16.0. The first kappa shape index (κ1) is 20.8. The van der Waals surface area contributed by atoms with Crippen LogP contribution in [-0.4, -0.2) is 35.0 Å². The van der Waals surface area contributed by atoms with Crippen LogP contribution >= 0.6 is 23.1 Å². The molecule has 12 heteroatoms. The molecule has 3 heterocycles. The van der Waals surface area contributed by atoms with Gasteiger partial charge in [0.2, 0.25) is 0 Å². The highest BCUT2D eigenvalue weighted by atomic mass is 32.2. The van der Waals surface area contributed by atoms with E-state index < -0.39 is 10.8 Å². The number of rotatable bonds is 6. The number of imidazole rings is 1. The van der Waals surface area contributed by atoms with Crippen molar-refractivity contribution in [2.75, 3.05) is 5.32 Å². The summed E-state index contributed by atoms with van der Waals surface area (Å²) in [6.45, 7) is 0. The molecule has 0 atom stereocenters. The molecule has 5 rings (SSSR count). The summed E-state index contributed by atoms with van der Waals surface area (Å²) in [6, 6.07) is 11.6. The van der Waals surface area contributed by atoms with Crippen LogP contribution in [0.1, 0.15) is 10.4 Å². The van der Waals surface area contributed by atoms with Crippen molar-refractivity contribution in [1.82, 2.24) is 24.1 Å². The minimum absolute atomic E-state index is 0.175. The lowest BCUT2D eigenvalue weighted by Gasteiger charge is -2.08. The normalized spacial score (nSPS) is 11.1. The van der Waals surface area contributed by atoms with E-state index in [2.05, 4.69) is 20.5 Å². The number of nitrogens with one attached hydrogen (secondary N) is 1. The highest BCUT2D eigenvalue weighted by Gasteiger charge is 2.20. The first-order valence-corrected chi connectivity index (χ1v) is 11.3. The number of hydrogen-bond acceptors (Lipinski definition) is 8. The van der Waals surface area contributed by atoms with E-state index in [0.717, 1.165) is 28.0 Å². The molecule has 164 valence electrons. The lowest BCUT2D eigenvalue weighted by atomic mass is 10.1. The van der Waals surface area contributed by atoms with Crippen LogP contribution in [-0.2, 0) is 7.05 Å². The molecular formula is C21H15N7O3S2. The summed E-state index contributed by atoms with van der Waals surface area (Å²) in [7, 11) is 1.75. The maximum Gasteiger partial charge on any atom is 0.284 e. The number of amides is 1. The van der Waals surface area contributed by atoms with Gasteiger partial charge in [-0.1, -0.05) is 12.1 Å². The van der Waals surface area contributed by atoms with E-state index in [1.807, 2.05) is 34.3 Å². The zero-order valence-corrected chi connectivity index (χ0v) is 18.7. The Hall–Kier alpha value is -4.03. The Kier molecular flexibility index (Phi) is 5.36. The average Bonchev–Trinajstić information content (AvgIpc) is 3.51. The van der Waals surface area contributed by atoms with Crippen molar-refractivity contribution in [3.8, 4) is 11.3 Å².